The molecule has 2 heteroatoms. The van der Waals surface area contributed by atoms with Crippen LogP contribution in [-0.4, -0.2) is 5.24 Å². The normalized spacial score (nSPS) is 17.5. The molecule has 1 saturated carbocycles. The van der Waals surface area contributed by atoms with Crippen LogP contribution in [0.4, 0.5) is 0 Å². The monoisotopic (exact) mass is 222 g/mol. The second-order valence-corrected chi connectivity index (χ2v) is 4.84. The molecule has 1 atom stereocenters. The molecule has 1 nitrogen and oxygen atoms in total. The van der Waals surface area contributed by atoms with Gasteiger partial charge in [0.1, 0.15) is 0 Å². The number of carbonyl (C=O) groups excluding carboxylic acids is 1. The molecule has 1 fully saturated rings. The van der Waals surface area contributed by atoms with E-state index in [0.717, 1.165) is 0 Å². The van der Waals surface area contributed by atoms with E-state index in [1.807, 2.05) is 0 Å². The van der Waals surface area contributed by atoms with Crippen molar-refractivity contribution in [3.05, 3.63) is 35.4 Å². The van der Waals surface area contributed by atoms with Crippen LogP contribution < -0.4 is 0 Å². The van der Waals surface area contributed by atoms with Gasteiger partial charge in [0.2, 0.25) is 5.24 Å². The lowest BCUT2D eigenvalue weighted by Crippen LogP contribution is -2.05. The van der Waals surface area contributed by atoms with Gasteiger partial charge in [0, 0.05) is 6.42 Å². The van der Waals surface area contributed by atoms with Crippen LogP contribution in [0.1, 0.15) is 36.3 Å². The van der Waals surface area contributed by atoms with Gasteiger partial charge in [-0.1, -0.05) is 29.8 Å². The number of aryl methyl sites for hydroxylation is 1. The van der Waals surface area contributed by atoms with Crippen molar-refractivity contribution >= 4 is 16.8 Å². The molecule has 0 N–H and O–H groups in total. The van der Waals surface area contributed by atoms with Crippen molar-refractivity contribution in [1.82, 2.24) is 0 Å². The van der Waals surface area contributed by atoms with E-state index in [2.05, 4.69) is 31.2 Å². The molecule has 80 valence electrons. The number of halogens is 1. The third-order valence-electron chi connectivity index (χ3n) is 3.08. The van der Waals surface area contributed by atoms with Gasteiger partial charge in [0.25, 0.3) is 0 Å². The number of rotatable bonds is 4. The van der Waals surface area contributed by atoms with Gasteiger partial charge in [-0.15, -0.1) is 0 Å². The van der Waals surface area contributed by atoms with E-state index < -0.39 is 0 Å². The maximum Gasteiger partial charge on any atom is 0.222 e. The highest BCUT2D eigenvalue weighted by molar-refractivity contribution is 6.63. The molecule has 1 aromatic rings. The van der Waals surface area contributed by atoms with Gasteiger partial charge in [-0.25, -0.2) is 0 Å². The second kappa shape index (κ2) is 4.36. The highest BCUT2D eigenvalue weighted by Gasteiger charge is 2.33. The highest BCUT2D eigenvalue weighted by Crippen LogP contribution is 2.44. The predicted molar refractivity (Wildman–Crippen MR) is 62.1 cm³/mol. The van der Waals surface area contributed by atoms with Gasteiger partial charge in [0.05, 0.1) is 0 Å². The summed E-state index contributed by atoms with van der Waals surface area (Å²) >= 11 is 5.49. The quantitative estimate of drug-likeness (QED) is 0.711. The first kappa shape index (κ1) is 10.7. The van der Waals surface area contributed by atoms with E-state index in [4.69, 9.17) is 11.6 Å². The Hall–Kier alpha value is -0.820. The SMILES string of the molecule is Cc1ccc(C(CC(=O)Cl)C2CC2)cc1. The maximum atomic E-state index is 11.0. The summed E-state index contributed by atoms with van der Waals surface area (Å²) in [5.41, 5.74) is 2.52. The summed E-state index contributed by atoms with van der Waals surface area (Å²) in [5.74, 6) is 1.02. The fourth-order valence-corrected chi connectivity index (χ4v) is 2.21. The van der Waals surface area contributed by atoms with Crippen LogP contribution in [-0.2, 0) is 4.79 Å². The molecule has 0 spiro atoms. The molecule has 1 unspecified atom stereocenters. The molecule has 0 heterocycles. The zero-order valence-electron chi connectivity index (χ0n) is 8.87. The van der Waals surface area contributed by atoms with E-state index in [1.54, 1.807) is 0 Å². The molecule has 2 rings (SSSR count). The molecule has 0 radical (unpaired) electrons. The van der Waals surface area contributed by atoms with Crippen LogP contribution in [0.15, 0.2) is 24.3 Å². The van der Waals surface area contributed by atoms with Crippen molar-refractivity contribution in [3.63, 3.8) is 0 Å². The molecule has 0 amide bonds. The van der Waals surface area contributed by atoms with E-state index >= 15 is 0 Å². The van der Waals surface area contributed by atoms with Crippen LogP contribution in [0.2, 0.25) is 0 Å². The summed E-state index contributed by atoms with van der Waals surface area (Å²) in [4.78, 5) is 11.0. The Morgan fingerprint density at radius 2 is 2.00 bits per heavy atom. The number of benzene rings is 1. The van der Waals surface area contributed by atoms with Crippen molar-refractivity contribution in [1.29, 1.82) is 0 Å². The van der Waals surface area contributed by atoms with Crippen LogP contribution in [0.25, 0.3) is 0 Å². The zero-order chi connectivity index (χ0) is 10.8. The molecular formula is C13H15ClO. The molecule has 1 aliphatic carbocycles. The second-order valence-electron chi connectivity index (χ2n) is 4.41. The first-order valence-corrected chi connectivity index (χ1v) is 5.79. The standard InChI is InChI=1S/C13H15ClO/c1-9-2-4-10(5-3-9)12(8-13(14)15)11-6-7-11/h2-5,11-12H,6-8H2,1H3. The minimum absolute atomic E-state index is 0.215. The first-order chi connectivity index (χ1) is 7.16. The lowest BCUT2D eigenvalue weighted by Gasteiger charge is -2.14. The van der Waals surface area contributed by atoms with E-state index in [1.165, 1.54) is 24.0 Å². The Kier molecular flexibility index (Phi) is 3.11. The van der Waals surface area contributed by atoms with Gasteiger partial charge >= 0.3 is 0 Å². The van der Waals surface area contributed by atoms with Gasteiger partial charge in [-0.05, 0) is 48.8 Å². The summed E-state index contributed by atoms with van der Waals surface area (Å²) in [6, 6.07) is 8.45. The van der Waals surface area contributed by atoms with Crippen molar-refractivity contribution < 1.29 is 4.79 Å². The Balaban J connectivity index is 2.16. The van der Waals surface area contributed by atoms with Crippen LogP contribution in [0.3, 0.4) is 0 Å². The molecule has 0 bridgehead atoms. The van der Waals surface area contributed by atoms with Crippen molar-refractivity contribution in [2.24, 2.45) is 5.92 Å². The molecule has 15 heavy (non-hydrogen) atoms. The number of hydrogen-bond acceptors (Lipinski definition) is 1. The lowest BCUT2D eigenvalue weighted by atomic mass is 9.91. The largest absolute Gasteiger partial charge is 0.281 e. The maximum absolute atomic E-state index is 11.0. The average molecular weight is 223 g/mol. The van der Waals surface area contributed by atoms with Gasteiger partial charge in [0.15, 0.2) is 0 Å². The molecule has 0 aromatic heterocycles. The van der Waals surface area contributed by atoms with Crippen LogP contribution >= 0.6 is 11.6 Å². The topological polar surface area (TPSA) is 17.1 Å². The van der Waals surface area contributed by atoms with Crippen molar-refractivity contribution in [2.45, 2.75) is 32.1 Å². The fourth-order valence-electron chi connectivity index (χ4n) is 2.04. The summed E-state index contributed by atoms with van der Waals surface area (Å²) in [6.07, 6.45) is 2.96. The molecular weight excluding hydrogens is 208 g/mol. The summed E-state index contributed by atoms with van der Waals surface area (Å²) in [6.45, 7) is 2.07. The Labute approximate surface area is 95.4 Å². The van der Waals surface area contributed by atoms with Gasteiger partial charge < -0.3 is 0 Å². The van der Waals surface area contributed by atoms with Crippen LogP contribution in [0.5, 0.6) is 0 Å². The minimum atomic E-state index is -0.215. The average Bonchev–Trinajstić information content (AvgIpc) is 2.99. The highest BCUT2D eigenvalue weighted by atomic mass is 35.5. The summed E-state index contributed by atoms with van der Waals surface area (Å²) < 4.78 is 0. The Morgan fingerprint density at radius 1 is 1.40 bits per heavy atom. The van der Waals surface area contributed by atoms with Gasteiger partial charge in [-0.2, -0.15) is 0 Å². The van der Waals surface area contributed by atoms with E-state index in [9.17, 15) is 4.79 Å². The molecule has 1 aliphatic rings. The Morgan fingerprint density at radius 3 is 2.47 bits per heavy atom. The summed E-state index contributed by atoms with van der Waals surface area (Å²) in [7, 11) is 0. The molecule has 1 aromatic carbocycles. The lowest BCUT2D eigenvalue weighted by molar-refractivity contribution is -0.112. The first-order valence-electron chi connectivity index (χ1n) is 5.41. The zero-order valence-corrected chi connectivity index (χ0v) is 9.63. The Bertz CT molecular complexity index is 351. The summed E-state index contributed by atoms with van der Waals surface area (Å²) in [5, 5.41) is -0.215. The smallest absolute Gasteiger partial charge is 0.222 e. The number of hydrogen-bond donors (Lipinski definition) is 0. The van der Waals surface area contributed by atoms with Gasteiger partial charge in [-0.3, -0.25) is 4.79 Å². The third kappa shape index (κ3) is 2.82. The third-order valence-corrected chi connectivity index (χ3v) is 3.23. The molecule has 0 saturated heterocycles. The van der Waals surface area contributed by atoms with E-state index in [0.29, 0.717) is 18.3 Å². The predicted octanol–water partition coefficient (Wildman–Crippen LogP) is 3.64. The number of carbonyl (C=O) groups is 1. The minimum Gasteiger partial charge on any atom is -0.281 e. The van der Waals surface area contributed by atoms with Crippen molar-refractivity contribution in [3.8, 4) is 0 Å². The fraction of sp³-hybridized carbons (Fsp3) is 0.462. The van der Waals surface area contributed by atoms with Crippen molar-refractivity contribution in [2.75, 3.05) is 0 Å². The van der Waals surface area contributed by atoms with Crippen LogP contribution in [0, 0.1) is 12.8 Å². The van der Waals surface area contributed by atoms with E-state index in [-0.39, 0.29) is 5.24 Å². The molecule has 0 aliphatic heterocycles.